The zero-order chi connectivity index (χ0) is 19.0. The fourth-order valence-electron chi connectivity index (χ4n) is 3.51. The number of aromatic nitrogens is 2. The first-order valence-corrected chi connectivity index (χ1v) is 10.0. The van der Waals surface area contributed by atoms with Crippen molar-refractivity contribution in [3.05, 3.63) is 68.6 Å². The average Bonchev–Trinajstić information content (AvgIpc) is 3.05. The van der Waals surface area contributed by atoms with Gasteiger partial charge in [0.15, 0.2) is 4.96 Å². The van der Waals surface area contributed by atoms with Crippen LogP contribution in [-0.2, 0) is 34.4 Å². The molecule has 0 radical (unpaired) electrons. The van der Waals surface area contributed by atoms with Crippen molar-refractivity contribution in [1.29, 1.82) is 0 Å². The van der Waals surface area contributed by atoms with Crippen molar-refractivity contribution in [2.45, 2.75) is 51.6 Å². The summed E-state index contributed by atoms with van der Waals surface area (Å²) in [5.74, 6) is -0.332. The maximum absolute atomic E-state index is 12.6. The molecule has 27 heavy (non-hydrogen) atoms. The highest BCUT2D eigenvalue weighted by molar-refractivity contribution is 7.17. The molecule has 6 heteroatoms. The van der Waals surface area contributed by atoms with E-state index in [-0.39, 0.29) is 18.1 Å². The van der Waals surface area contributed by atoms with Crippen molar-refractivity contribution in [2.24, 2.45) is 0 Å². The highest BCUT2D eigenvalue weighted by Gasteiger charge is 2.31. The van der Waals surface area contributed by atoms with Crippen LogP contribution in [0.25, 0.3) is 4.96 Å². The molecule has 0 amide bonds. The molecular weight excluding hydrogens is 360 g/mol. The third-order valence-electron chi connectivity index (χ3n) is 5.17. The summed E-state index contributed by atoms with van der Waals surface area (Å²) < 4.78 is 7.23. The molecule has 0 atom stereocenters. The SMILES string of the molecule is CC(C)(C(=O)OCc1cc(=O)n2c3c(sc2n1)CCCC3)c1ccccc1. The Balaban J connectivity index is 1.56. The first-order chi connectivity index (χ1) is 13.0. The quantitative estimate of drug-likeness (QED) is 0.646. The molecule has 0 saturated carbocycles. The predicted octanol–water partition coefficient (Wildman–Crippen LogP) is 3.66. The maximum Gasteiger partial charge on any atom is 0.316 e. The number of nitrogens with zero attached hydrogens (tertiary/aromatic N) is 2. The minimum atomic E-state index is -0.761. The molecule has 0 bridgehead atoms. The molecule has 0 saturated heterocycles. The summed E-state index contributed by atoms with van der Waals surface area (Å²) in [6, 6.07) is 11.0. The lowest BCUT2D eigenvalue weighted by Gasteiger charge is -2.22. The lowest BCUT2D eigenvalue weighted by Crippen LogP contribution is -2.31. The van der Waals surface area contributed by atoms with Crippen LogP contribution in [0.1, 0.15) is 48.5 Å². The number of hydrogen-bond donors (Lipinski definition) is 0. The molecule has 3 aromatic rings. The van der Waals surface area contributed by atoms with Crippen LogP contribution in [0, 0.1) is 0 Å². The molecule has 0 aliphatic heterocycles. The van der Waals surface area contributed by atoms with E-state index in [0.717, 1.165) is 36.9 Å². The van der Waals surface area contributed by atoms with Gasteiger partial charge in [0.1, 0.15) is 6.61 Å². The number of ether oxygens (including phenoxy) is 1. The number of carbonyl (C=O) groups excluding carboxylic acids is 1. The highest BCUT2D eigenvalue weighted by Crippen LogP contribution is 2.28. The zero-order valence-corrected chi connectivity index (χ0v) is 16.3. The van der Waals surface area contributed by atoms with Gasteiger partial charge in [0.25, 0.3) is 5.56 Å². The summed E-state index contributed by atoms with van der Waals surface area (Å²) in [6.45, 7) is 3.68. The number of aryl methyl sites for hydroxylation is 2. The van der Waals surface area contributed by atoms with Gasteiger partial charge in [0.05, 0.1) is 11.1 Å². The number of thiazole rings is 1. The lowest BCUT2D eigenvalue weighted by molar-refractivity contribution is -0.150. The molecule has 2 heterocycles. The molecule has 0 N–H and O–H groups in total. The van der Waals surface area contributed by atoms with Crippen LogP contribution in [0.3, 0.4) is 0 Å². The second-order valence-corrected chi connectivity index (χ2v) is 8.51. The van der Waals surface area contributed by atoms with Crippen molar-refractivity contribution in [3.8, 4) is 0 Å². The summed E-state index contributed by atoms with van der Waals surface area (Å²) >= 11 is 1.58. The normalized spacial score (nSPS) is 14.1. The van der Waals surface area contributed by atoms with Crippen LogP contribution in [0.2, 0.25) is 0 Å². The van der Waals surface area contributed by atoms with Gasteiger partial charge in [-0.2, -0.15) is 0 Å². The van der Waals surface area contributed by atoms with Crippen molar-refractivity contribution in [2.75, 3.05) is 0 Å². The molecule has 1 aromatic carbocycles. The summed E-state index contributed by atoms with van der Waals surface area (Å²) in [7, 11) is 0. The highest BCUT2D eigenvalue weighted by atomic mass is 32.1. The van der Waals surface area contributed by atoms with Crippen LogP contribution < -0.4 is 5.56 Å². The number of benzene rings is 1. The van der Waals surface area contributed by atoms with Gasteiger partial charge in [0.2, 0.25) is 0 Å². The zero-order valence-electron chi connectivity index (χ0n) is 15.5. The Morgan fingerprint density at radius 1 is 1.22 bits per heavy atom. The molecule has 0 unspecified atom stereocenters. The summed E-state index contributed by atoms with van der Waals surface area (Å²) in [5.41, 5.74) is 1.64. The van der Waals surface area contributed by atoms with Crippen LogP contribution >= 0.6 is 11.3 Å². The number of carbonyl (C=O) groups is 1. The summed E-state index contributed by atoms with van der Waals surface area (Å²) in [6.07, 6.45) is 4.21. The van der Waals surface area contributed by atoms with E-state index in [2.05, 4.69) is 4.98 Å². The van der Waals surface area contributed by atoms with Crippen LogP contribution in [0.4, 0.5) is 0 Å². The van der Waals surface area contributed by atoms with Crippen molar-refractivity contribution in [3.63, 3.8) is 0 Å². The Morgan fingerprint density at radius 2 is 1.96 bits per heavy atom. The van der Waals surface area contributed by atoms with E-state index in [0.29, 0.717) is 10.7 Å². The Bertz CT molecular complexity index is 1050. The van der Waals surface area contributed by atoms with Crippen molar-refractivity contribution < 1.29 is 9.53 Å². The van der Waals surface area contributed by atoms with Gasteiger partial charge in [0, 0.05) is 16.6 Å². The van der Waals surface area contributed by atoms with Gasteiger partial charge in [-0.15, -0.1) is 11.3 Å². The van der Waals surface area contributed by atoms with E-state index in [1.807, 2.05) is 44.2 Å². The van der Waals surface area contributed by atoms with Gasteiger partial charge in [-0.3, -0.25) is 14.0 Å². The van der Waals surface area contributed by atoms with Gasteiger partial charge in [-0.05, 0) is 45.1 Å². The van der Waals surface area contributed by atoms with Gasteiger partial charge in [-0.1, -0.05) is 30.3 Å². The van der Waals surface area contributed by atoms with E-state index in [4.69, 9.17) is 4.74 Å². The Labute approximate surface area is 161 Å². The van der Waals surface area contributed by atoms with E-state index in [9.17, 15) is 9.59 Å². The van der Waals surface area contributed by atoms with E-state index >= 15 is 0 Å². The smallest absolute Gasteiger partial charge is 0.316 e. The first-order valence-electron chi connectivity index (χ1n) is 9.23. The molecule has 0 spiro atoms. The molecule has 140 valence electrons. The van der Waals surface area contributed by atoms with Crippen LogP contribution in [0.15, 0.2) is 41.2 Å². The number of hydrogen-bond acceptors (Lipinski definition) is 5. The van der Waals surface area contributed by atoms with E-state index in [1.54, 1.807) is 15.7 Å². The standard InChI is InChI=1S/C21H22N2O3S/c1-21(2,14-8-4-3-5-9-14)19(25)26-13-15-12-18(24)23-16-10-6-7-11-17(16)27-20(23)22-15/h3-5,8-9,12H,6-7,10-11,13H2,1-2H3. The fraction of sp³-hybridized carbons (Fsp3) is 0.381. The Kier molecular flexibility index (Phi) is 4.60. The Hall–Kier alpha value is -2.47. The van der Waals surface area contributed by atoms with Crippen molar-refractivity contribution >= 4 is 22.3 Å². The number of fused-ring (bicyclic) bond motifs is 3. The van der Waals surface area contributed by atoms with E-state index in [1.165, 1.54) is 10.9 Å². The van der Waals surface area contributed by atoms with Crippen molar-refractivity contribution in [1.82, 2.24) is 9.38 Å². The van der Waals surface area contributed by atoms with E-state index < -0.39 is 5.41 Å². The third kappa shape index (κ3) is 3.30. The fourth-order valence-corrected chi connectivity index (χ4v) is 4.74. The minimum Gasteiger partial charge on any atom is -0.459 e. The second-order valence-electron chi connectivity index (χ2n) is 7.45. The predicted molar refractivity (Wildman–Crippen MR) is 105 cm³/mol. The van der Waals surface area contributed by atoms with Crippen LogP contribution in [-0.4, -0.2) is 15.4 Å². The minimum absolute atomic E-state index is 0.00338. The number of rotatable bonds is 4. The second kappa shape index (κ2) is 6.93. The number of esters is 1. The Morgan fingerprint density at radius 3 is 2.74 bits per heavy atom. The topological polar surface area (TPSA) is 60.7 Å². The third-order valence-corrected chi connectivity index (χ3v) is 6.31. The monoisotopic (exact) mass is 382 g/mol. The molecule has 0 fully saturated rings. The summed E-state index contributed by atoms with van der Waals surface area (Å²) in [5, 5.41) is 0. The molecule has 1 aliphatic rings. The first kappa shape index (κ1) is 17.9. The molecule has 1 aliphatic carbocycles. The maximum atomic E-state index is 12.6. The van der Waals surface area contributed by atoms with Gasteiger partial charge in [-0.25, -0.2) is 4.98 Å². The molecule has 4 rings (SSSR count). The average molecular weight is 382 g/mol. The lowest BCUT2D eigenvalue weighted by atomic mass is 9.85. The molecule has 2 aromatic heterocycles. The van der Waals surface area contributed by atoms with Gasteiger partial charge >= 0.3 is 5.97 Å². The molecular formula is C21H22N2O3S. The molecule has 5 nitrogen and oxygen atoms in total. The summed E-state index contributed by atoms with van der Waals surface area (Å²) in [4.78, 5) is 31.7. The largest absolute Gasteiger partial charge is 0.459 e. The van der Waals surface area contributed by atoms with Gasteiger partial charge < -0.3 is 4.74 Å². The van der Waals surface area contributed by atoms with Crippen LogP contribution in [0.5, 0.6) is 0 Å².